The van der Waals surface area contributed by atoms with Crippen molar-refractivity contribution < 1.29 is 19.1 Å². The number of carbonyl (C=O) groups excluding carboxylic acids is 3. The van der Waals surface area contributed by atoms with Gasteiger partial charge in [0.2, 0.25) is 5.91 Å². The number of hydrogen-bond acceptors (Lipinski definition) is 7. The molecular weight excluding hydrogens is 513 g/mol. The Labute approximate surface area is 215 Å². The lowest BCUT2D eigenvalue weighted by molar-refractivity contribution is -0.113. The molecular formula is C23H21Cl2N5O4S. The van der Waals surface area contributed by atoms with Crippen LogP contribution in [-0.4, -0.2) is 45.4 Å². The van der Waals surface area contributed by atoms with Crippen LogP contribution < -0.4 is 10.6 Å². The van der Waals surface area contributed by atoms with Crippen LogP contribution in [0.15, 0.2) is 60.3 Å². The SMILES string of the molecule is C=CCn1c(CNC(=O)c2ccc(Cl)cc2Cl)nnc1SCC(=O)Nc1ccc(C(=O)OC)cc1. The van der Waals surface area contributed by atoms with Crippen LogP contribution in [0.5, 0.6) is 0 Å². The first-order valence-corrected chi connectivity index (χ1v) is 11.9. The number of ether oxygens (including phenoxy) is 1. The highest BCUT2D eigenvalue weighted by Gasteiger charge is 2.16. The van der Waals surface area contributed by atoms with E-state index in [1.54, 1.807) is 41.0 Å². The average Bonchev–Trinajstić information content (AvgIpc) is 3.22. The van der Waals surface area contributed by atoms with Crippen LogP contribution in [0.3, 0.4) is 0 Å². The van der Waals surface area contributed by atoms with E-state index in [2.05, 4.69) is 32.1 Å². The maximum absolute atomic E-state index is 12.5. The van der Waals surface area contributed by atoms with Crippen LogP contribution in [0.2, 0.25) is 10.0 Å². The fraction of sp³-hybridized carbons (Fsp3) is 0.174. The number of methoxy groups -OCH3 is 1. The molecule has 0 atom stereocenters. The summed E-state index contributed by atoms with van der Waals surface area (Å²) in [5.41, 5.74) is 1.21. The van der Waals surface area contributed by atoms with Gasteiger partial charge in [0.25, 0.3) is 5.91 Å². The van der Waals surface area contributed by atoms with E-state index in [1.165, 1.54) is 31.0 Å². The molecule has 2 aromatic carbocycles. The topological polar surface area (TPSA) is 115 Å². The van der Waals surface area contributed by atoms with E-state index >= 15 is 0 Å². The number of halogens is 2. The number of esters is 1. The lowest BCUT2D eigenvalue weighted by Gasteiger charge is -2.10. The Kier molecular flexibility index (Phi) is 9.30. The second-order valence-electron chi connectivity index (χ2n) is 7.01. The molecule has 35 heavy (non-hydrogen) atoms. The van der Waals surface area contributed by atoms with Gasteiger partial charge >= 0.3 is 5.97 Å². The molecule has 2 amide bonds. The Morgan fingerprint density at radius 3 is 2.54 bits per heavy atom. The maximum atomic E-state index is 12.5. The zero-order chi connectivity index (χ0) is 25.4. The highest BCUT2D eigenvalue weighted by molar-refractivity contribution is 7.99. The monoisotopic (exact) mass is 533 g/mol. The van der Waals surface area contributed by atoms with E-state index in [1.807, 2.05) is 0 Å². The van der Waals surface area contributed by atoms with Gasteiger partial charge in [-0.25, -0.2) is 4.79 Å². The largest absolute Gasteiger partial charge is 0.465 e. The Bertz CT molecular complexity index is 1250. The third-order valence-electron chi connectivity index (χ3n) is 4.61. The number of allylic oxidation sites excluding steroid dienone is 1. The fourth-order valence-electron chi connectivity index (χ4n) is 2.93. The summed E-state index contributed by atoms with van der Waals surface area (Å²) in [6, 6.07) is 11.0. The number of carbonyl (C=O) groups is 3. The number of benzene rings is 2. The smallest absolute Gasteiger partial charge is 0.337 e. The molecule has 12 heteroatoms. The number of rotatable bonds is 10. The number of anilines is 1. The fourth-order valence-corrected chi connectivity index (χ4v) is 4.19. The maximum Gasteiger partial charge on any atom is 0.337 e. The first kappa shape index (κ1) is 26.3. The van der Waals surface area contributed by atoms with E-state index in [-0.39, 0.29) is 34.7 Å². The van der Waals surface area contributed by atoms with Gasteiger partial charge in [0.15, 0.2) is 11.0 Å². The summed E-state index contributed by atoms with van der Waals surface area (Å²) in [5, 5.41) is 14.9. The van der Waals surface area contributed by atoms with Crippen molar-refractivity contribution in [1.29, 1.82) is 0 Å². The van der Waals surface area contributed by atoms with Crippen molar-refractivity contribution in [2.75, 3.05) is 18.2 Å². The molecule has 0 radical (unpaired) electrons. The number of aromatic nitrogens is 3. The first-order chi connectivity index (χ1) is 16.8. The van der Waals surface area contributed by atoms with Gasteiger partial charge in [0.05, 0.1) is 35.6 Å². The summed E-state index contributed by atoms with van der Waals surface area (Å²) in [4.78, 5) is 36.4. The van der Waals surface area contributed by atoms with E-state index < -0.39 is 5.97 Å². The highest BCUT2D eigenvalue weighted by Crippen LogP contribution is 2.22. The van der Waals surface area contributed by atoms with Gasteiger partial charge in [0, 0.05) is 17.3 Å². The van der Waals surface area contributed by atoms with Crippen molar-refractivity contribution in [3.63, 3.8) is 0 Å². The molecule has 0 bridgehead atoms. The quantitative estimate of drug-likeness (QED) is 0.227. The van der Waals surface area contributed by atoms with Gasteiger partial charge in [-0.3, -0.25) is 9.59 Å². The molecule has 3 rings (SSSR count). The van der Waals surface area contributed by atoms with Crippen LogP contribution in [0.1, 0.15) is 26.5 Å². The molecule has 2 N–H and O–H groups in total. The minimum absolute atomic E-state index is 0.0702. The van der Waals surface area contributed by atoms with E-state index in [0.717, 1.165) is 0 Å². The Balaban J connectivity index is 1.59. The zero-order valence-corrected chi connectivity index (χ0v) is 20.9. The standard InChI is InChI=1S/C23H21Cl2N5O4S/c1-3-10-30-19(12-26-21(32)17-9-6-15(24)11-18(17)25)28-29-23(30)35-13-20(31)27-16-7-4-14(5-8-16)22(33)34-2/h3-9,11H,1,10,12-13H2,2H3,(H,26,32)(H,27,31). The minimum atomic E-state index is -0.455. The van der Waals surface area contributed by atoms with Crippen molar-refractivity contribution >= 4 is 58.4 Å². The Morgan fingerprint density at radius 1 is 1.14 bits per heavy atom. The van der Waals surface area contributed by atoms with Crippen molar-refractivity contribution in [3.05, 3.63) is 82.1 Å². The van der Waals surface area contributed by atoms with Crippen molar-refractivity contribution in [2.45, 2.75) is 18.2 Å². The lowest BCUT2D eigenvalue weighted by Crippen LogP contribution is -2.25. The van der Waals surface area contributed by atoms with Gasteiger partial charge in [-0.05, 0) is 42.5 Å². The third-order valence-corrected chi connectivity index (χ3v) is 6.12. The summed E-state index contributed by atoms with van der Waals surface area (Å²) in [5.74, 6) is -0.540. The van der Waals surface area contributed by atoms with Crippen LogP contribution >= 0.6 is 35.0 Å². The predicted octanol–water partition coefficient (Wildman–Crippen LogP) is 4.22. The molecule has 1 heterocycles. The van der Waals surface area contributed by atoms with Crippen molar-refractivity contribution in [1.82, 2.24) is 20.1 Å². The highest BCUT2D eigenvalue weighted by atomic mass is 35.5. The number of amides is 2. The number of nitrogens with zero attached hydrogens (tertiary/aromatic N) is 3. The average molecular weight is 534 g/mol. The summed E-state index contributed by atoms with van der Waals surface area (Å²) >= 11 is 13.2. The van der Waals surface area contributed by atoms with E-state index in [4.69, 9.17) is 23.2 Å². The Morgan fingerprint density at radius 2 is 1.89 bits per heavy atom. The molecule has 0 aliphatic rings. The van der Waals surface area contributed by atoms with E-state index in [0.29, 0.717) is 33.8 Å². The number of nitrogens with one attached hydrogen (secondary N) is 2. The molecule has 3 aromatic rings. The predicted molar refractivity (Wildman–Crippen MR) is 135 cm³/mol. The van der Waals surface area contributed by atoms with Gasteiger partial charge < -0.3 is 19.9 Å². The number of thioether (sulfide) groups is 1. The lowest BCUT2D eigenvalue weighted by atomic mass is 10.2. The molecule has 0 aliphatic heterocycles. The molecule has 0 aliphatic carbocycles. The van der Waals surface area contributed by atoms with Crippen LogP contribution in [0.25, 0.3) is 0 Å². The van der Waals surface area contributed by atoms with Crippen LogP contribution in [0, 0.1) is 0 Å². The van der Waals surface area contributed by atoms with Gasteiger partial charge in [-0.2, -0.15) is 0 Å². The molecule has 0 unspecified atom stereocenters. The second-order valence-corrected chi connectivity index (χ2v) is 8.80. The first-order valence-electron chi connectivity index (χ1n) is 10.2. The van der Waals surface area contributed by atoms with Crippen molar-refractivity contribution in [3.8, 4) is 0 Å². The summed E-state index contributed by atoms with van der Waals surface area (Å²) in [6.07, 6.45) is 1.66. The third kappa shape index (κ3) is 7.08. The summed E-state index contributed by atoms with van der Waals surface area (Å²) in [6.45, 7) is 4.22. The Hall–Kier alpha value is -3.34. The van der Waals surface area contributed by atoms with Gasteiger partial charge in [-0.1, -0.05) is 41.0 Å². The van der Waals surface area contributed by atoms with Crippen LogP contribution in [0.4, 0.5) is 5.69 Å². The van der Waals surface area contributed by atoms with E-state index in [9.17, 15) is 14.4 Å². The molecule has 0 saturated carbocycles. The molecule has 0 saturated heterocycles. The molecule has 182 valence electrons. The van der Waals surface area contributed by atoms with Gasteiger partial charge in [0.1, 0.15) is 0 Å². The normalized spacial score (nSPS) is 10.5. The van der Waals surface area contributed by atoms with Crippen LogP contribution in [-0.2, 0) is 22.6 Å². The summed E-state index contributed by atoms with van der Waals surface area (Å²) < 4.78 is 6.40. The van der Waals surface area contributed by atoms with Gasteiger partial charge in [-0.15, -0.1) is 16.8 Å². The second kappa shape index (κ2) is 12.4. The molecule has 0 fully saturated rings. The summed E-state index contributed by atoms with van der Waals surface area (Å²) in [7, 11) is 1.30. The van der Waals surface area contributed by atoms with Crippen molar-refractivity contribution in [2.24, 2.45) is 0 Å². The zero-order valence-electron chi connectivity index (χ0n) is 18.6. The minimum Gasteiger partial charge on any atom is -0.465 e. The molecule has 1 aromatic heterocycles. The molecule has 9 nitrogen and oxygen atoms in total. The molecule has 0 spiro atoms. The number of hydrogen-bond donors (Lipinski definition) is 2.